The fourth-order valence-corrected chi connectivity index (χ4v) is 4.28. The highest BCUT2D eigenvalue weighted by Crippen LogP contribution is 2.38. The molecule has 7 nitrogen and oxygen atoms in total. The zero-order chi connectivity index (χ0) is 16.6. The molecule has 0 aromatic carbocycles. The van der Waals surface area contributed by atoms with Crippen LogP contribution >= 0.6 is 22.9 Å². The van der Waals surface area contributed by atoms with Gasteiger partial charge in [0, 0.05) is 37.2 Å². The first-order valence-corrected chi connectivity index (χ1v) is 8.82. The average molecular weight is 359 g/mol. The Morgan fingerprint density at radius 2 is 2.35 bits per heavy atom. The van der Waals surface area contributed by atoms with Crippen molar-refractivity contribution in [3.8, 4) is 0 Å². The molecule has 2 aliphatic heterocycles. The number of thiazole rings is 1. The zero-order valence-electron chi connectivity index (χ0n) is 13.1. The highest BCUT2D eigenvalue weighted by Gasteiger charge is 2.45. The lowest BCUT2D eigenvalue weighted by Crippen LogP contribution is -2.43. The van der Waals surface area contributed by atoms with E-state index in [0.717, 1.165) is 18.0 Å². The Kier molecular flexibility index (Phi) is 4.74. The largest absolute Gasteiger partial charge is 0.359 e. The average Bonchev–Trinajstić information content (AvgIpc) is 3.07. The van der Waals surface area contributed by atoms with E-state index in [1.807, 2.05) is 23.6 Å². The summed E-state index contributed by atoms with van der Waals surface area (Å²) in [6, 6.07) is 0. The molecule has 0 radical (unpaired) electrons. The summed E-state index contributed by atoms with van der Waals surface area (Å²) in [4.78, 5) is 20.5. The number of ether oxygens (including phenoxy) is 1. The SMILES string of the molecule is CCOC1CC(C)C([N+](=O)[O-])=C2N(Cc3cnc(Cl)s3)CCN21. The summed E-state index contributed by atoms with van der Waals surface area (Å²) in [5, 5.41) is 11.6. The third-order valence-corrected chi connectivity index (χ3v) is 5.31. The fourth-order valence-electron chi connectivity index (χ4n) is 3.28. The molecule has 1 fully saturated rings. The van der Waals surface area contributed by atoms with Crippen molar-refractivity contribution in [3.05, 3.63) is 37.2 Å². The van der Waals surface area contributed by atoms with E-state index < -0.39 is 0 Å². The Bertz CT molecular complexity index is 635. The number of nitrogens with zero attached hydrogens (tertiary/aromatic N) is 4. The Hall–Kier alpha value is -1.38. The van der Waals surface area contributed by atoms with E-state index >= 15 is 0 Å². The Morgan fingerprint density at radius 3 is 2.96 bits per heavy atom. The molecule has 126 valence electrons. The van der Waals surface area contributed by atoms with E-state index in [9.17, 15) is 10.1 Å². The monoisotopic (exact) mass is 358 g/mol. The van der Waals surface area contributed by atoms with Gasteiger partial charge in [-0.3, -0.25) is 10.1 Å². The minimum Gasteiger partial charge on any atom is -0.359 e. The van der Waals surface area contributed by atoms with E-state index in [4.69, 9.17) is 16.3 Å². The van der Waals surface area contributed by atoms with Gasteiger partial charge < -0.3 is 14.5 Å². The predicted octanol–water partition coefficient (Wildman–Crippen LogP) is 2.76. The van der Waals surface area contributed by atoms with Crippen LogP contribution in [-0.2, 0) is 11.3 Å². The minimum absolute atomic E-state index is 0.0938. The number of hydrogen-bond acceptors (Lipinski definition) is 7. The Morgan fingerprint density at radius 1 is 1.57 bits per heavy atom. The first kappa shape index (κ1) is 16.5. The number of nitro groups is 1. The maximum absolute atomic E-state index is 11.6. The molecule has 2 unspecified atom stereocenters. The molecule has 1 aromatic rings. The van der Waals surface area contributed by atoms with E-state index in [1.54, 1.807) is 6.20 Å². The van der Waals surface area contributed by atoms with Crippen molar-refractivity contribution < 1.29 is 9.66 Å². The second-order valence-electron chi connectivity index (χ2n) is 5.71. The lowest BCUT2D eigenvalue weighted by molar-refractivity contribution is -0.439. The lowest BCUT2D eigenvalue weighted by atomic mass is 9.98. The maximum Gasteiger partial charge on any atom is 0.289 e. The first-order chi connectivity index (χ1) is 11.0. The standard InChI is InChI=1S/C14H19ClN4O3S/c1-3-22-11-6-9(2)12(19(20)21)13-17(4-5-18(11)13)8-10-7-16-14(15)23-10/h7,9,11H,3-6,8H2,1-2H3. The molecule has 1 saturated heterocycles. The second kappa shape index (κ2) is 6.62. The van der Waals surface area contributed by atoms with Crippen molar-refractivity contribution in [2.24, 2.45) is 5.92 Å². The van der Waals surface area contributed by atoms with Crippen LogP contribution < -0.4 is 0 Å². The van der Waals surface area contributed by atoms with Gasteiger partial charge in [0.2, 0.25) is 0 Å². The van der Waals surface area contributed by atoms with E-state index in [2.05, 4.69) is 4.98 Å². The smallest absolute Gasteiger partial charge is 0.289 e. The summed E-state index contributed by atoms with van der Waals surface area (Å²) in [7, 11) is 0. The van der Waals surface area contributed by atoms with Crippen LogP contribution in [0.5, 0.6) is 0 Å². The van der Waals surface area contributed by atoms with Crippen molar-refractivity contribution in [2.75, 3.05) is 19.7 Å². The lowest BCUT2D eigenvalue weighted by Gasteiger charge is -2.36. The molecule has 3 rings (SSSR count). The molecular formula is C14H19ClN4O3S. The molecule has 3 heterocycles. The van der Waals surface area contributed by atoms with Gasteiger partial charge in [-0.1, -0.05) is 18.5 Å². The number of fused-ring (bicyclic) bond motifs is 1. The molecule has 0 saturated carbocycles. The molecule has 0 bridgehead atoms. The molecule has 2 atom stereocenters. The van der Waals surface area contributed by atoms with Crippen LogP contribution in [0.25, 0.3) is 0 Å². The quantitative estimate of drug-likeness (QED) is 0.595. The molecule has 0 spiro atoms. The number of halogens is 1. The van der Waals surface area contributed by atoms with Crippen LogP contribution in [-0.4, -0.2) is 45.6 Å². The predicted molar refractivity (Wildman–Crippen MR) is 87.5 cm³/mol. The normalized spacial score (nSPS) is 24.3. The summed E-state index contributed by atoms with van der Waals surface area (Å²) in [6.07, 6.45) is 2.28. The van der Waals surface area contributed by atoms with Gasteiger partial charge >= 0.3 is 0 Å². The summed E-state index contributed by atoms with van der Waals surface area (Å²) in [5.41, 5.74) is 0.286. The molecule has 1 aromatic heterocycles. The number of rotatable bonds is 5. The van der Waals surface area contributed by atoms with Gasteiger partial charge in [0.1, 0.15) is 6.23 Å². The van der Waals surface area contributed by atoms with Crippen molar-refractivity contribution in [2.45, 2.75) is 33.0 Å². The van der Waals surface area contributed by atoms with Gasteiger partial charge in [-0.15, -0.1) is 11.3 Å². The second-order valence-corrected chi connectivity index (χ2v) is 7.40. The number of hydrogen-bond donors (Lipinski definition) is 0. The van der Waals surface area contributed by atoms with Crippen LogP contribution in [0.1, 0.15) is 25.1 Å². The van der Waals surface area contributed by atoms with Crippen LogP contribution in [0.2, 0.25) is 4.47 Å². The van der Waals surface area contributed by atoms with E-state index in [0.29, 0.717) is 29.9 Å². The van der Waals surface area contributed by atoms with Gasteiger partial charge in [0.15, 0.2) is 10.3 Å². The minimum atomic E-state index is -0.243. The topological polar surface area (TPSA) is 71.7 Å². The molecule has 0 amide bonds. The van der Waals surface area contributed by atoms with Crippen LogP contribution in [0.4, 0.5) is 0 Å². The molecule has 23 heavy (non-hydrogen) atoms. The fraction of sp³-hybridized carbons (Fsp3) is 0.643. The molecule has 0 aliphatic carbocycles. The van der Waals surface area contributed by atoms with Crippen molar-refractivity contribution in [1.82, 2.24) is 14.8 Å². The van der Waals surface area contributed by atoms with E-state index in [1.165, 1.54) is 11.3 Å². The van der Waals surface area contributed by atoms with Crippen LogP contribution in [0.15, 0.2) is 17.7 Å². The molecule has 2 aliphatic rings. The number of allylic oxidation sites excluding steroid dienone is 1. The highest BCUT2D eigenvalue weighted by atomic mass is 35.5. The third-order valence-electron chi connectivity index (χ3n) is 4.21. The maximum atomic E-state index is 11.6. The molecular weight excluding hydrogens is 340 g/mol. The van der Waals surface area contributed by atoms with Crippen LogP contribution in [0.3, 0.4) is 0 Å². The first-order valence-electron chi connectivity index (χ1n) is 7.63. The third kappa shape index (κ3) is 3.15. The summed E-state index contributed by atoms with van der Waals surface area (Å²) >= 11 is 7.29. The van der Waals surface area contributed by atoms with Crippen LogP contribution in [0, 0.1) is 16.0 Å². The summed E-state index contributed by atoms with van der Waals surface area (Å²) < 4.78 is 6.30. The van der Waals surface area contributed by atoms with Crippen molar-refractivity contribution >= 4 is 22.9 Å². The zero-order valence-corrected chi connectivity index (χ0v) is 14.6. The summed E-state index contributed by atoms with van der Waals surface area (Å²) in [5.74, 6) is 0.551. The summed E-state index contributed by atoms with van der Waals surface area (Å²) in [6.45, 7) is 6.49. The Balaban J connectivity index is 1.93. The van der Waals surface area contributed by atoms with E-state index in [-0.39, 0.29) is 22.8 Å². The van der Waals surface area contributed by atoms with Gasteiger partial charge in [-0.25, -0.2) is 4.98 Å². The van der Waals surface area contributed by atoms with Crippen molar-refractivity contribution in [3.63, 3.8) is 0 Å². The molecule has 0 N–H and O–H groups in total. The van der Waals surface area contributed by atoms with Gasteiger partial charge in [-0.2, -0.15) is 0 Å². The van der Waals surface area contributed by atoms with Gasteiger partial charge in [-0.05, 0) is 6.92 Å². The van der Waals surface area contributed by atoms with Crippen molar-refractivity contribution in [1.29, 1.82) is 0 Å². The highest BCUT2D eigenvalue weighted by molar-refractivity contribution is 7.15. The Labute approximate surface area is 143 Å². The number of aromatic nitrogens is 1. The van der Waals surface area contributed by atoms with Gasteiger partial charge in [0.25, 0.3) is 5.70 Å². The molecule has 9 heteroatoms. The van der Waals surface area contributed by atoms with Gasteiger partial charge in [0.05, 0.1) is 17.4 Å².